The minimum absolute atomic E-state index is 0.0424. The lowest BCUT2D eigenvalue weighted by Crippen LogP contribution is -2.35. The summed E-state index contributed by atoms with van der Waals surface area (Å²) in [5.41, 5.74) is 0.348. The Bertz CT molecular complexity index is 774. The molecule has 0 aliphatic rings. The second-order valence-electron chi connectivity index (χ2n) is 5.51. The fourth-order valence-electron chi connectivity index (χ4n) is 2.29. The third-order valence-electron chi connectivity index (χ3n) is 3.77. The third kappa shape index (κ3) is 4.89. The first kappa shape index (κ1) is 18.1. The maximum absolute atomic E-state index is 12.9. The first-order chi connectivity index (χ1) is 11.4. The standard InChI is InChI=1S/C18H20FNO3S/c1-2-16(20-18(21)14-8-10-15(19)11-9-14)12-13-24(22,23)17-6-4-3-5-7-17/h3-11,16H,2,12-13H2,1H3,(H,20,21). The summed E-state index contributed by atoms with van der Waals surface area (Å²) in [6, 6.07) is 13.2. The molecule has 0 aliphatic heterocycles. The number of hydrogen-bond acceptors (Lipinski definition) is 3. The smallest absolute Gasteiger partial charge is 0.251 e. The van der Waals surface area contributed by atoms with Gasteiger partial charge in [-0.1, -0.05) is 25.1 Å². The van der Waals surface area contributed by atoms with Crippen molar-refractivity contribution in [2.24, 2.45) is 0 Å². The van der Waals surface area contributed by atoms with Gasteiger partial charge in [-0.15, -0.1) is 0 Å². The summed E-state index contributed by atoms with van der Waals surface area (Å²) < 4.78 is 37.5. The van der Waals surface area contributed by atoms with Gasteiger partial charge in [-0.3, -0.25) is 4.79 Å². The van der Waals surface area contributed by atoms with E-state index in [1.54, 1.807) is 30.3 Å². The van der Waals surface area contributed by atoms with Crippen molar-refractivity contribution in [3.8, 4) is 0 Å². The summed E-state index contributed by atoms with van der Waals surface area (Å²) >= 11 is 0. The van der Waals surface area contributed by atoms with Gasteiger partial charge in [0.05, 0.1) is 10.6 Å². The first-order valence-electron chi connectivity index (χ1n) is 7.76. The van der Waals surface area contributed by atoms with E-state index in [1.807, 2.05) is 6.92 Å². The van der Waals surface area contributed by atoms with Crippen LogP contribution in [0.3, 0.4) is 0 Å². The number of amides is 1. The first-order valence-corrected chi connectivity index (χ1v) is 9.42. The molecule has 0 aromatic heterocycles. The van der Waals surface area contributed by atoms with Crippen LogP contribution in [0.5, 0.6) is 0 Å². The Hall–Kier alpha value is -2.21. The van der Waals surface area contributed by atoms with Gasteiger partial charge in [0.25, 0.3) is 5.91 Å². The molecule has 2 rings (SSSR count). The summed E-state index contributed by atoms with van der Waals surface area (Å²) in [5.74, 6) is -0.786. The summed E-state index contributed by atoms with van der Waals surface area (Å²) in [4.78, 5) is 12.4. The quantitative estimate of drug-likeness (QED) is 0.835. The van der Waals surface area contributed by atoms with Crippen molar-refractivity contribution in [3.63, 3.8) is 0 Å². The summed E-state index contributed by atoms with van der Waals surface area (Å²) in [7, 11) is -3.37. The lowest BCUT2D eigenvalue weighted by Gasteiger charge is -2.17. The van der Waals surface area contributed by atoms with Crippen molar-refractivity contribution in [1.82, 2.24) is 5.32 Å². The molecule has 0 heterocycles. The van der Waals surface area contributed by atoms with Crippen LogP contribution in [-0.2, 0) is 9.84 Å². The molecule has 0 saturated heterocycles. The van der Waals surface area contributed by atoms with Gasteiger partial charge in [0.15, 0.2) is 9.84 Å². The molecule has 0 bridgehead atoms. The molecule has 1 amide bonds. The maximum atomic E-state index is 12.9. The minimum atomic E-state index is -3.37. The van der Waals surface area contributed by atoms with E-state index in [0.29, 0.717) is 18.4 Å². The molecule has 0 fully saturated rings. The van der Waals surface area contributed by atoms with Crippen molar-refractivity contribution >= 4 is 15.7 Å². The minimum Gasteiger partial charge on any atom is -0.349 e. The van der Waals surface area contributed by atoms with E-state index < -0.39 is 15.7 Å². The third-order valence-corrected chi connectivity index (χ3v) is 5.54. The van der Waals surface area contributed by atoms with Crippen LogP contribution in [-0.4, -0.2) is 26.1 Å². The second kappa shape index (κ2) is 8.06. The highest BCUT2D eigenvalue weighted by atomic mass is 32.2. The molecule has 1 N–H and O–H groups in total. The monoisotopic (exact) mass is 349 g/mol. The zero-order valence-electron chi connectivity index (χ0n) is 13.4. The lowest BCUT2D eigenvalue weighted by atomic mass is 10.1. The Balaban J connectivity index is 1.97. The van der Waals surface area contributed by atoms with Crippen LogP contribution in [0, 0.1) is 5.82 Å². The molecule has 128 valence electrons. The van der Waals surface area contributed by atoms with Gasteiger partial charge in [0, 0.05) is 11.6 Å². The molecule has 2 aromatic carbocycles. The number of carbonyl (C=O) groups excluding carboxylic acids is 1. The molecular weight excluding hydrogens is 329 g/mol. The predicted octanol–water partition coefficient (Wildman–Crippen LogP) is 3.20. The molecule has 4 nitrogen and oxygen atoms in total. The van der Waals surface area contributed by atoms with Gasteiger partial charge < -0.3 is 5.32 Å². The van der Waals surface area contributed by atoms with E-state index in [-0.39, 0.29) is 22.6 Å². The molecule has 6 heteroatoms. The van der Waals surface area contributed by atoms with Crippen LogP contribution in [0.4, 0.5) is 4.39 Å². The largest absolute Gasteiger partial charge is 0.349 e. The molecule has 0 aliphatic carbocycles. The average Bonchev–Trinajstić information content (AvgIpc) is 2.59. The van der Waals surface area contributed by atoms with Gasteiger partial charge in [-0.25, -0.2) is 12.8 Å². The fraction of sp³-hybridized carbons (Fsp3) is 0.278. The molecule has 0 saturated carbocycles. The molecule has 2 aromatic rings. The number of hydrogen-bond donors (Lipinski definition) is 1. The van der Waals surface area contributed by atoms with Crippen molar-refractivity contribution in [2.45, 2.75) is 30.7 Å². The van der Waals surface area contributed by atoms with Gasteiger partial charge >= 0.3 is 0 Å². The molecule has 0 spiro atoms. The number of halogens is 1. The summed E-state index contributed by atoms with van der Waals surface area (Å²) in [6.45, 7) is 1.88. The van der Waals surface area contributed by atoms with Gasteiger partial charge in [0.2, 0.25) is 0 Å². The normalized spacial score (nSPS) is 12.6. The Morgan fingerprint density at radius 1 is 1.08 bits per heavy atom. The van der Waals surface area contributed by atoms with Gasteiger partial charge in [-0.2, -0.15) is 0 Å². The zero-order valence-corrected chi connectivity index (χ0v) is 14.2. The van der Waals surface area contributed by atoms with Gasteiger partial charge in [0.1, 0.15) is 5.82 Å². The SMILES string of the molecule is CCC(CCS(=O)(=O)c1ccccc1)NC(=O)c1ccc(F)cc1. The van der Waals surface area contributed by atoms with Gasteiger partial charge in [-0.05, 0) is 49.2 Å². The Labute approximate surface area is 141 Å². The Kier molecular flexibility index (Phi) is 6.09. The second-order valence-corrected chi connectivity index (χ2v) is 7.62. The number of carbonyl (C=O) groups is 1. The van der Waals surface area contributed by atoms with Crippen LogP contribution in [0.15, 0.2) is 59.5 Å². The highest BCUT2D eigenvalue weighted by Gasteiger charge is 2.18. The van der Waals surface area contributed by atoms with Crippen LogP contribution < -0.4 is 5.32 Å². The summed E-state index contributed by atoms with van der Waals surface area (Å²) in [5, 5.41) is 2.80. The topological polar surface area (TPSA) is 63.2 Å². The Morgan fingerprint density at radius 3 is 2.29 bits per heavy atom. The zero-order chi connectivity index (χ0) is 17.6. The number of benzene rings is 2. The van der Waals surface area contributed by atoms with E-state index in [1.165, 1.54) is 24.3 Å². The van der Waals surface area contributed by atoms with Crippen molar-refractivity contribution in [2.75, 3.05) is 5.75 Å². The van der Waals surface area contributed by atoms with Crippen LogP contribution in [0.1, 0.15) is 30.1 Å². The number of rotatable bonds is 7. The molecule has 1 unspecified atom stereocenters. The number of sulfone groups is 1. The van der Waals surface area contributed by atoms with Crippen LogP contribution >= 0.6 is 0 Å². The lowest BCUT2D eigenvalue weighted by molar-refractivity contribution is 0.0935. The molecule has 1 atom stereocenters. The van der Waals surface area contributed by atoms with E-state index in [0.717, 1.165) is 0 Å². The fourth-order valence-corrected chi connectivity index (χ4v) is 3.69. The highest BCUT2D eigenvalue weighted by molar-refractivity contribution is 7.91. The Morgan fingerprint density at radius 2 is 1.71 bits per heavy atom. The summed E-state index contributed by atoms with van der Waals surface area (Å²) in [6.07, 6.45) is 0.928. The van der Waals surface area contributed by atoms with Crippen LogP contribution in [0.25, 0.3) is 0 Å². The van der Waals surface area contributed by atoms with Crippen molar-refractivity contribution < 1.29 is 17.6 Å². The van der Waals surface area contributed by atoms with E-state index in [9.17, 15) is 17.6 Å². The van der Waals surface area contributed by atoms with E-state index >= 15 is 0 Å². The van der Waals surface area contributed by atoms with Crippen molar-refractivity contribution in [1.29, 1.82) is 0 Å². The van der Waals surface area contributed by atoms with E-state index in [2.05, 4.69) is 5.32 Å². The molecular formula is C18H20FNO3S. The molecule has 24 heavy (non-hydrogen) atoms. The van der Waals surface area contributed by atoms with Crippen LogP contribution in [0.2, 0.25) is 0 Å². The maximum Gasteiger partial charge on any atom is 0.251 e. The van der Waals surface area contributed by atoms with Crippen molar-refractivity contribution in [3.05, 3.63) is 66.0 Å². The number of nitrogens with one attached hydrogen (secondary N) is 1. The van der Waals surface area contributed by atoms with E-state index in [4.69, 9.17) is 0 Å². The molecule has 0 radical (unpaired) electrons. The highest BCUT2D eigenvalue weighted by Crippen LogP contribution is 2.13. The average molecular weight is 349 g/mol. The predicted molar refractivity (Wildman–Crippen MR) is 91.1 cm³/mol.